The number of phenolic OH excluding ortho intramolecular Hbond substituents is 1. The fraction of sp³-hybridized carbons (Fsp3) is 0.235. The number of aromatic hydroxyl groups is 1. The van der Waals surface area contributed by atoms with Crippen molar-refractivity contribution < 1.29 is 9.90 Å². The fourth-order valence-corrected chi connectivity index (χ4v) is 3.11. The number of nitrogens with one attached hydrogen (secondary N) is 2. The van der Waals surface area contributed by atoms with E-state index in [9.17, 15) is 9.90 Å². The molecule has 0 atom stereocenters. The van der Waals surface area contributed by atoms with Gasteiger partial charge in [-0.1, -0.05) is 30.3 Å². The third-order valence-electron chi connectivity index (χ3n) is 4.57. The van der Waals surface area contributed by atoms with Gasteiger partial charge in [-0.2, -0.15) is 5.10 Å². The molecule has 1 aliphatic carbocycles. The number of aromatic nitrogens is 3. The highest BCUT2D eigenvalue weighted by molar-refractivity contribution is 6.03. The maximum Gasteiger partial charge on any atom is 0.255 e. The fourth-order valence-electron chi connectivity index (χ4n) is 3.11. The van der Waals surface area contributed by atoms with Crippen molar-refractivity contribution in [2.45, 2.75) is 24.8 Å². The van der Waals surface area contributed by atoms with Gasteiger partial charge < -0.3 is 10.4 Å². The minimum atomic E-state index is -0.508. The predicted octanol–water partition coefficient (Wildman–Crippen LogP) is 2.47. The summed E-state index contributed by atoms with van der Waals surface area (Å²) in [5.74, 6) is 0.370. The average molecular weight is 308 g/mol. The SMILES string of the molecule is O=C(NC1(c2ncn[nH]2)CCC1)c1ccc2ccccc2c1O. The highest BCUT2D eigenvalue weighted by Gasteiger charge is 2.43. The summed E-state index contributed by atoms with van der Waals surface area (Å²) in [5, 5.41) is 21.7. The third kappa shape index (κ3) is 2.14. The van der Waals surface area contributed by atoms with Gasteiger partial charge in [-0.3, -0.25) is 9.89 Å². The van der Waals surface area contributed by atoms with E-state index in [0.717, 1.165) is 24.6 Å². The molecule has 1 aliphatic rings. The van der Waals surface area contributed by atoms with Crippen LogP contribution >= 0.6 is 0 Å². The molecule has 1 heterocycles. The molecule has 1 fully saturated rings. The number of aromatic amines is 1. The van der Waals surface area contributed by atoms with Crippen LogP contribution in [0.25, 0.3) is 10.8 Å². The maximum absolute atomic E-state index is 12.7. The Morgan fingerprint density at radius 2 is 2.04 bits per heavy atom. The van der Waals surface area contributed by atoms with Gasteiger partial charge in [0.05, 0.1) is 11.1 Å². The maximum atomic E-state index is 12.7. The first-order valence-corrected chi connectivity index (χ1v) is 7.59. The molecule has 0 saturated heterocycles. The topological polar surface area (TPSA) is 90.9 Å². The number of carbonyl (C=O) groups is 1. The second-order valence-corrected chi connectivity index (χ2v) is 5.91. The molecule has 116 valence electrons. The summed E-state index contributed by atoms with van der Waals surface area (Å²) in [7, 11) is 0. The van der Waals surface area contributed by atoms with Crippen molar-refractivity contribution in [1.29, 1.82) is 0 Å². The van der Waals surface area contributed by atoms with E-state index in [4.69, 9.17) is 0 Å². The van der Waals surface area contributed by atoms with Crippen molar-refractivity contribution >= 4 is 16.7 Å². The minimum absolute atomic E-state index is 0.00708. The van der Waals surface area contributed by atoms with Crippen LogP contribution in [-0.4, -0.2) is 26.2 Å². The highest BCUT2D eigenvalue weighted by Crippen LogP contribution is 2.40. The summed E-state index contributed by atoms with van der Waals surface area (Å²) in [6.07, 6.45) is 4.07. The number of nitrogens with zero attached hydrogens (tertiary/aromatic N) is 2. The largest absolute Gasteiger partial charge is 0.506 e. The van der Waals surface area contributed by atoms with Crippen LogP contribution in [0.3, 0.4) is 0 Å². The van der Waals surface area contributed by atoms with Gasteiger partial charge in [0.1, 0.15) is 17.9 Å². The molecule has 23 heavy (non-hydrogen) atoms. The Morgan fingerprint density at radius 3 is 2.74 bits per heavy atom. The Hall–Kier alpha value is -2.89. The molecule has 3 aromatic rings. The zero-order valence-corrected chi connectivity index (χ0v) is 12.4. The third-order valence-corrected chi connectivity index (χ3v) is 4.57. The second kappa shape index (κ2) is 5.08. The number of hydrogen-bond donors (Lipinski definition) is 3. The Kier molecular flexibility index (Phi) is 3.04. The average Bonchev–Trinajstić information content (AvgIpc) is 3.06. The quantitative estimate of drug-likeness (QED) is 0.693. The molecule has 1 saturated carbocycles. The summed E-state index contributed by atoms with van der Waals surface area (Å²) < 4.78 is 0. The van der Waals surface area contributed by atoms with E-state index in [-0.39, 0.29) is 17.2 Å². The standard InChI is InChI=1S/C17H16N4O2/c22-14-12-5-2-1-4-11(12)6-7-13(14)15(23)20-17(8-3-9-17)16-18-10-19-21-16/h1-2,4-7,10,22H,3,8-9H2,(H,20,23)(H,18,19,21). The van der Waals surface area contributed by atoms with Crippen LogP contribution < -0.4 is 5.32 Å². The molecule has 1 amide bonds. The van der Waals surface area contributed by atoms with Crippen LogP contribution in [0.4, 0.5) is 0 Å². The highest BCUT2D eigenvalue weighted by atomic mass is 16.3. The zero-order chi connectivity index (χ0) is 15.9. The van der Waals surface area contributed by atoms with Gasteiger partial charge in [-0.25, -0.2) is 4.98 Å². The van der Waals surface area contributed by atoms with Crippen LogP contribution in [0.15, 0.2) is 42.7 Å². The van der Waals surface area contributed by atoms with Gasteiger partial charge >= 0.3 is 0 Å². The lowest BCUT2D eigenvalue weighted by molar-refractivity contribution is 0.0807. The van der Waals surface area contributed by atoms with Crippen molar-refractivity contribution in [3.8, 4) is 5.75 Å². The molecule has 0 radical (unpaired) electrons. The number of benzene rings is 2. The van der Waals surface area contributed by atoms with E-state index in [0.29, 0.717) is 11.2 Å². The van der Waals surface area contributed by atoms with Crippen LogP contribution in [0.5, 0.6) is 5.75 Å². The molecular weight excluding hydrogens is 292 g/mol. The smallest absolute Gasteiger partial charge is 0.255 e. The minimum Gasteiger partial charge on any atom is -0.506 e. The number of rotatable bonds is 3. The monoisotopic (exact) mass is 308 g/mol. The number of fused-ring (bicyclic) bond motifs is 1. The van der Waals surface area contributed by atoms with Crippen molar-refractivity contribution in [2.75, 3.05) is 0 Å². The lowest BCUT2D eigenvalue weighted by Gasteiger charge is -2.40. The number of phenols is 1. The molecule has 2 aromatic carbocycles. The van der Waals surface area contributed by atoms with Gasteiger partial charge in [0.15, 0.2) is 0 Å². The number of hydrogen-bond acceptors (Lipinski definition) is 4. The Labute approximate surface area is 132 Å². The van der Waals surface area contributed by atoms with E-state index in [1.54, 1.807) is 12.1 Å². The van der Waals surface area contributed by atoms with Crippen LogP contribution in [-0.2, 0) is 5.54 Å². The van der Waals surface area contributed by atoms with E-state index in [1.807, 2.05) is 24.3 Å². The van der Waals surface area contributed by atoms with E-state index < -0.39 is 5.54 Å². The van der Waals surface area contributed by atoms with E-state index in [1.165, 1.54) is 6.33 Å². The summed E-state index contributed by atoms with van der Waals surface area (Å²) in [6.45, 7) is 0. The molecule has 0 bridgehead atoms. The van der Waals surface area contributed by atoms with Crippen molar-refractivity contribution in [3.05, 3.63) is 54.1 Å². The zero-order valence-electron chi connectivity index (χ0n) is 12.4. The first-order chi connectivity index (χ1) is 11.2. The number of carbonyl (C=O) groups excluding carboxylic acids is 1. The van der Waals surface area contributed by atoms with Crippen molar-refractivity contribution in [3.63, 3.8) is 0 Å². The van der Waals surface area contributed by atoms with Crippen LogP contribution in [0.2, 0.25) is 0 Å². The van der Waals surface area contributed by atoms with Crippen molar-refractivity contribution in [2.24, 2.45) is 0 Å². The van der Waals surface area contributed by atoms with E-state index >= 15 is 0 Å². The lowest BCUT2D eigenvalue weighted by atomic mass is 9.76. The van der Waals surface area contributed by atoms with Gasteiger partial charge in [-0.05, 0) is 30.7 Å². The summed E-state index contributed by atoms with van der Waals surface area (Å²) >= 11 is 0. The van der Waals surface area contributed by atoms with Gasteiger partial charge in [-0.15, -0.1) is 0 Å². The normalized spacial score (nSPS) is 16.0. The number of H-pyrrole nitrogens is 1. The lowest BCUT2D eigenvalue weighted by Crippen LogP contribution is -2.51. The molecular formula is C17H16N4O2. The van der Waals surface area contributed by atoms with Gasteiger partial charge in [0.25, 0.3) is 5.91 Å². The van der Waals surface area contributed by atoms with Gasteiger partial charge in [0.2, 0.25) is 0 Å². The Morgan fingerprint density at radius 1 is 1.22 bits per heavy atom. The second-order valence-electron chi connectivity index (χ2n) is 5.91. The first-order valence-electron chi connectivity index (χ1n) is 7.59. The molecule has 6 nitrogen and oxygen atoms in total. The first kappa shape index (κ1) is 13.8. The summed E-state index contributed by atoms with van der Waals surface area (Å²) in [6, 6.07) is 10.9. The summed E-state index contributed by atoms with van der Waals surface area (Å²) in [4.78, 5) is 16.9. The summed E-state index contributed by atoms with van der Waals surface area (Å²) in [5.41, 5.74) is -0.236. The molecule has 1 aromatic heterocycles. The Bertz CT molecular complexity index is 869. The molecule has 0 unspecified atom stereocenters. The number of amides is 1. The van der Waals surface area contributed by atoms with Crippen LogP contribution in [0, 0.1) is 0 Å². The Balaban J connectivity index is 1.68. The predicted molar refractivity (Wildman–Crippen MR) is 85.0 cm³/mol. The molecule has 0 aliphatic heterocycles. The van der Waals surface area contributed by atoms with E-state index in [2.05, 4.69) is 20.5 Å². The van der Waals surface area contributed by atoms with Crippen LogP contribution in [0.1, 0.15) is 35.4 Å². The molecule has 6 heteroatoms. The molecule has 3 N–H and O–H groups in total. The van der Waals surface area contributed by atoms with Gasteiger partial charge in [0, 0.05) is 5.39 Å². The van der Waals surface area contributed by atoms with Crippen molar-refractivity contribution in [1.82, 2.24) is 20.5 Å². The molecule has 0 spiro atoms. The molecule has 4 rings (SSSR count).